The van der Waals surface area contributed by atoms with Crippen LogP contribution >= 0.6 is 11.6 Å². The van der Waals surface area contributed by atoms with Crippen molar-refractivity contribution >= 4 is 39.9 Å². The maximum Gasteiger partial charge on any atom is 0.259 e. The molecule has 33 heavy (non-hydrogen) atoms. The Bertz CT molecular complexity index is 1560. The van der Waals surface area contributed by atoms with Crippen LogP contribution in [0.2, 0.25) is 5.02 Å². The van der Waals surface area contributed by atoms with Gasteiger partial charge in [0.25, 0.3) is 5.91 Å². The van der Waals surface area contributed by atoms with E-state index in [1.54, 1.807) is 24.5 Å². The lowest BCUT2D eigenvalue weighted by Crippen LogP contribution is -2.27. The normalized spacial score (nSPS) is 12.0. The van der Waals surface area contributed by atoms with Crippen LogP contribution in [0.25, 0.3) is 27.7 Å². The van der Waals surface area contributed by atoms with E-state index >= 15 is 0 Å². The number of nitriles is 1. The number of H-pyrrole nitrogens is 1. The minimum absolute atomic E-state index is 0.0856. The molecular formula is C23H17ClN8O. The third-order valence-electron chi connectivity index (χ3n) is 5.46. The van der Waals surface area contributed by atoms with Crippen molar-refractivity contribution in [3.63, 3.8) is 0 Å². The van der Waals surface area contributed by atoms with Gasteiger partial charge in [-0.05, 0) is 30.2 Å². The highest BCUT2D eigenvalue weighted by molar-refractivity contribution is 6.36. The minimum Gasteiger partial charge on any atom is -0.381 e. The minimum atomic E-state index is -0.471. The molecular weight excluding hydrogens is 440 g/mol. The summed E-state index contributed by atoms with van der Waals surface area (Å²) in [5.74, 6) is -0.325. The van der Waals surface area contributed by atoms with Crippen LogP contribution in [-0.4, -0.2) is 30.7 Å². The predicted octanol–water partition coefficient (Wildman–Crippen LogP) is 3.87. The van der Waals surface area contributed by atoms with Crippen molar-refractivity contribution in [3.05, 3.63) is 76.7 Å². The van der Waals surface area contributed by atoms with Crippen LogP contribution in [0.4, 0.5) is 5.82 Å². The molecule has 9 nitrogen and oxygen atoms in total. The summed E-state index contributed by atoms with van der Waals surface area (Å²) in [5, 5.41) is 24.5. The van der Waals surface area contributed by atoms with Gasteiger partial charge in [0.15, 0.2) is 17.2 Å². The van der Waals surface area contributed by atoms with Crippen molar-refractivity contribution in [2.45, 2.75) is 13.0 Å². The number of anilines is 1. The zero-order valence-electron chi connectivity index (χ0n) is 17.4. The lowest BCUT2D eigenvalue weighted by atomic mass is 9.92. The van der Waals surface area contributed by atoms with E-state index in [1.807, 2.05) is 37.3 Å². The smallest absolute Gasteiger partial charge is 0.259 e. The van der Waals surface area contributed by atoms with Gasteiger partial charge in [0.05, 0.1) is 22.0 Å². The number of amides is 1. The largest absolute Gasteiger partial charge is 0.381 e. The van der Waals surface area contributed by atoms with Crippen molar-refractivity contribution in [3.8, 4) is 17.2 Å². The van der Waals surface area contributed by atoms with Crippen molar-refractivity contribution in [1.82, 2.24) is 30.1 Å². The summed E-state index contributed by atoms with van der Waals surface area (Å²) in [6.07, 6.45) is 3.24. The van der Waals surface area contributed by atoms with Gasteiger partial charge in [-0.15, -0.1) is 5.10 Å². The summed E-state index contributed by atoms with van der Waals surface area (Å²) in [6, 6.07) is 14.7. The number of nitrogens with one attached hydrogen (secondary N) is 2. The van der Waals surface area contributed by atoms with Crippen molar-refractivity contribution in [1.29, 1.82) is 5.26 Å². The number of hydrogen-bond acceptors (Lipinski definition) is 6. The van der Waals surface area contributed by atoms with Crippen LogP contribution in [0.5, 0.6) is 0 Å². The van der Waals surface area contributed by atoms with E-state index < -0.39 is 11.9 Å². The second-order valence-corrected chi connectivity index (χ2v) is 7.87. The number of benzene rings is 2. The fraction of sp³-hybridized carbons (Fsp3) is 0.0870. The highest BCUT2D eigenvalue weighted by atomic mass is 35.5. The fourth-order valence-corrected chi connectivity index (χ4v) is 4.29. The Labute approximate surface area is 192 Å². The average molecular weight is 457 g/mol. The Morgan fingerprint density at radius 1 is 1.30 bits per heavy atom. The predicted molar refractivity (Wildman–Crippen MR) is 125 cm³/mol. The van der Waals surface area contributed by atoms with Gasteiger partial charge in [0.2, 0.25) is 0 Å². The summed E-state index contributed by atoms with van der Waals surface area (Å²) >= 11 is 6.56. The van der Waals surface area contributed by atoms with Crippen molar-refractivity contribution in [2.24, 2.45) is 0 Å². The number of aromatic nitrogens is 5. The quantitative estimate of drug-likeness (QED) is 0.375. The Morgan fingerprint density at radius 3 is 2.85 bits per heavy atom. The highest BCUT2D eigenvalue weighted by Gasteiger charge is 2.25. The molecule has 3 heterocycles. The maximum absolute atomic E-state index is 13.2. The molecule has 0 spiro atoms. The number of nitrogens with two attached hydrogens (primary N) is 1. The fourth-order valence-electron chi connectivity index (χ4n) is 3.99. The second-order valence-electron chi connectivity index (χ2n) is 7.47. The summed E-state index contributed by atoms with van der Waals surface area (Å²) in [7, 11) is 0. The molecule has 0 saturated carbocycles. The van der Waals surface area contributed by atoms with E-state index in [-0.39, 0.29) is 17.1 Å². The Morgan fingerprint density at radius 2 is 2.09 bits per heavy atom. The molecule has 0 saturated heterocycles. The first kappa shape index (κ1) is 20.5. The van der Waals surface area contributed by atoms with Gasteiger partial charge < -0.3 is 11.1 Å². The van der Waals surface area contributed by atoms with E-state index in [0.717, 1.165) is 16.7 Å². The van der Waals surface area contributed by atoms with Gasteiger partial charge in [0, 0.05) is 18.0 Å². The molecule has 3 aromatic heterocycles. The SMILES string of the molecule is CC(NC(=O)c1c(N)nn2cccnc12)c1cc(Cl)c2c(C#N)n[nH]c2c1-c1ccccc1. The van der Waals surface area contributed by atoms with E-state index in [4.69, 9.17) is 17.3 Å². The third kappa shape index (κ3) is 3.33. The lowest BCUT2D eigenvalue weighted by molar-refractivity contribution is 0.0942. The first-order valence-electron chi connectivity index (χ1n) is 10.0. The second kappa shape index (κ2) is 7.93. The zero-order valence-corrected chi connectivity index (χ0v) is 18.1. The highest BCUT2D eigenvalue weighted by Crippen LogP contribution is 2.39. The number of nitrogens with zero attached hydrogens (tertiary/aromatic N) is 5. The summed E-state index contributed by atoms with van der Waals surface area (Å²) in [6.45, 7) is 1.85. The van der Waals surface area contributed by atoms with E-state index in [1.165, 1.54) is 4.52 Å². The monoisotopic (exact) mass is 456 g/mol. The first-order chi connectivity index (χ1) is 16.0. The van der Waals surface area contributed by atoms with Crippen LogP contribution in [0, 0.1) is 11.3 Å². The molecule has 1 unspecified atom stereocenters. The molecule has 1 amide bonds. The van der Waals surface area contributed by atoms with Crippen molar-refractivity contribution < 1.29 is 4.79 Å². The molecule has 4 N–H and O–H groups in total. The van der Waals surface area contributed by atoms with E-state index in [2.05, 4.69) is 31.7 Å². The molecule has 1 atom stereocenters. The van der Waals surface area contributed by atoms with E-state index in [0.29, 0.717) is 21.6 Å². The number of nitrogen functional groups attached to an aromatic ring is 1. The molecule has 0 fully saturated rings. The number of carbonyl (C=O) groups excluding carboxylic acids is 1. The standard InChI is InChI=1S/C23H17ClN8O/c1-12(28-23(33)19-21(26)31-32-9-5-8-27-22(19)32)14-10-15(24)18-16(11-25)29-30-20(18)17(14)13-6-3-2-4-7-13/h2-10,12H,1H3,(H2,26,31)(H,28,33)(H,29,30). The molecule has 0 aliphatic carbocycles. The summed E-state index contributed by atoms with van der Waals surface area (Å²) in [5.41, 5.74) is 9.84. The van der Waals surface area contributed by atoms with Crippen LogP contribution in [0.1, 0.15) is 34.6 Å². The number of hydrogen-bond donors (Lipinski definition) is 3. The first-order valence-corrected chi connectivity index (χ1v) is 10.4. The number of rotatable bonds is 4. The molecule has 0 bridgehead atoms. The Hall–Kier alpha value is -4.42. The van der Waals surface area contributed by atoms with Crippen molar-refractivity contribution in [2.75, 3.05) is 5.73 Å². The molecule has 0 aliphatic rings. The summed E-state index contributed by atoms with van der Waals surface area (Å²) in [4.78, 5) is 17.4. The Balaban J connectivity index is 1.63. The maximum atomic E-state index is 13.2. The molecule has 10 heteroatoms. The zero-order chi connectivity index (χ0) is 23.1. The van der Waals surface area contributed by atoms with Gasteiger partial charge in [-0.1, -0.05) is 41.9 Å². The van der Waals surface area contributed by atoms with Gasteiger partial charge in [-0.2, -0.15) is 10.4 Å². The van der Waals surface area contributed by atoms with Gasteiger partial charge >= 0.3 is 0 Å². The molecule has 0 aliphatic heterocycles. The molecule has 5 rings (SSSR count). The van der Waals surface area contributed by atoms with Crippen LogP contribution in [0.3, 0.4) is 0 Å². The van der Waals surface area contributed by atoms with Crippen LogP contribution in [-0.2, 0) is 0 Å². The number of carbonyl (C=O) groups is 1. The van der Waals surface area contributed by atoms with Crippen LogP contribution in [0.15, 0.2) is 54.9 Å². The van der Waals surface area contributed by atoms with E-state index in [9.17, 15) is 10.1 Å². The number of fused-ring (bicyclic) bond motifs is 2. The lowest BCUT2D eigenvalue weighted by Gasteiger charge is -2.20. The number of halogens is 1. The van der Waals surface area contributed by atoms with Gasteiger partial charge in [-0.25, -0.2) is 9.50 Å². The van der Waals surface area contributed by atoms with Gasteiger partial charge in [0.1, 0.15) is 11.6 Å². The Kier molecular flexibility index (Phi) is 4.92. The summed E-state index contributed by atoms with van der Waals surface area (Å²) < 4.78 is 1.46. The number of aromatic amines is 1. The third-order valence-corrected chi connectivity index (χ3v) is 5.76. The van der Waals surface area contributed by atoms with Crippen LogP contribution < -0.4 is 11.1 Å². The van der Waals surface area contributed by atoms with Gasteiger partial charge in [-0.3, -0.25) is 9.89 Å². The molecule has 162 valence electrons. The molecule has 2 aromatic carbocycles. The topological polar surface area (TPSA) is 138 Å². The average Bonchev–Trinajstić information content (AvgIpc) is 3.40. The molecule has 5 aromatic rings. The molecule has 0 radical (unpaired) electrons.